The Bertz CT molecular complexity index is 466. The van der Waals surface area contributed by atoms with Crippen molar-refractivity contribution in [3.8, 4) is 6.07 Å². The van der Waals surface area contributed by atoms with Gasteiger partial charge >= 0.3 is 0 Å². The quantitative estimate of drug-likeness (QED) is 0.873. The van der Waals surface area contributed by atoms with Crippen molar-refractivity contribution in [3.05, 3.63) is 57.8 Å². The Labute approximate surface area is 99.2 Å². The van der Waals surface area contributed by atoms with Crippen molar-refractivity contribution in [2.24, 2.45) is 0 Å². The van der Waals surface area contributed by atoms with E-state index in [-0.39, 0.29) is 0 Å². The first-order valence-electron chi connectivity index (χ1n) is 5.10. The molecule has 2 rings (SSSR count). The van der Waals surface area contributed by atoms with E-state index in [9.17, 15) is 0 Å². The number of rotatable bonds is 4. The van der Waals surface area contributed by atoms with Crippen molar-refractivity contribution in [3.63, 3.8) is 0 Å². The van der Waals surface area contributed by atoms with Crippen molar-refractivity contribution >= 4 is 11.3 Å². The van der Waals surface area contributed by atoms with Gasteiger partial charge in [-0.2, -0.15) is 5.26 Å². The van der Waals surface area contributed by atoms with Crippen LogP contribution in [0.5, 0.6) is 0 Å². The largest absolute Gasteiger partial charge is 0.308 e. The van der Waals surface area contributed by atoms with Crippen molar-refractivity contribution in [2.45, 2.75) is 13.1 Å². The van der Waals surface area contributed by atoms with Crippen LogP contribution in [0.15, 0.2) is 41.8 Å². The molecule has 1 aromatic carbocycles. The maximum Gasteiger partial charge on any atom is 0.0991 e. The minimum Gasteiger partial charge on any atom is -0.308 e. The lowest BCUT2D eigenvalue weighted by Crippen LogP contribution is -2.11. The molecule has 0 saturated carbocycles. The summed E-state index contributed by atoms with van der Waals surface area (Å²) in [6.07, 6.45) is 0. The van der Waals surface area contributed by atoms with Crippen molar-refractivity contribution < 1.29 is 0 Å². The summed E-state index contributed by atoms with van der Waals surface area (Å²) in [5, 5.41) is 14.1. The van der Waals surface area contributed by atoms with Gasteiger partial charge in [0.1, 0.15) is 0 Å². The first kappa shape index (κ1) is 10.9. The number of nitriles is 1. The molecule has 16 heavy (non-hydrogen) atoms. The highest BCUT2D eigenvalue weighted by atomic mass is 32.1. The minimum atomic E-state index is 0.710. The second-order valence-electron chi connectivity index (χ2n) is 3.49. The van der Waals surface area contributed by atoms with Gasteiger partial charge in [0, 0.05) is 18.0 Å². The third-order valence-corrected chi connectivity index (χ3v) is 3.17. The zero-order chi connectivity index (χ0) is 11.2. The van der Waals surface area contributed by atoms with Gasteiger partial charge in [-0.05, 0) is 29.1 Å². The molecule has 1 aromatic heterocycles. The number of thiophene rings is 1. The van der Waals surface area contributed by atoms with E-state index >= 15 is 0 Å². The standard InChI is InChI=1S/C13H12N2S/c14-8-11-3-5-12(6-4-11)9-15-10-13-2-1-7-16-13/h1-7,15H,9-10H2. The zero-order valence-electron chi connectivity index (χ0n) is 8.81. The Kier molecular flexibility index (Phi) is 3.71. The summed E-state index contributed by atoms with van der Waals surface area (Å²) in [6.45, 7) is 1.74. The fraction of sp³-hybridized carbons (Fsp3) is 0.154. The molecular formula is C13H12N2S. The van der Waals surface area contributed by atoms with Crippen LogP contribution in [0.4, 0.5) is 0 Å². The Morgan fingerprint density at radius 3 is 2.56 bits per heavy atom. The molecule has 80 valence electrons. The molecule has 2 aromatic rings. The van der Waals surface area contributed by atoms with Crippen LogP contribution in [-0.4, -0.2) is 0 Å². The third-order valence-electron chi connectivity index (χ3n) is 2.29. The molecule has 0 unspecified atom stereocenters. The van der Waals surface area contributed by atoms with E-state index in [2.05, 4.69) is 28.9 Å². The topological polar surface area (TPSA) is 35.8 Å². The Balaban J connectivity index is 1.83. The molecule has 1 heterocycles. The minimum absolute atomic E-state index is 0.710. The second-order valence-corrected chi connectivity index (χ2v) is 4.52. The lowest BCUT2D eigenvalue weighted by Gasteiger charge is -2.03. The predicted molar refractivity (Wildman–Crippen MR) is 66.0 cm³/mol. The van der Waals surface area contributed by atoms with Crippen LogP contribution >= 0.6 is 11.3 Å². The molecule has 3 heteroatoms. The van der Waals surface area contributed by atoms with E-state index in [0.717, 1.165) is 13.1 Å². The van der Waals surface area contributed by atoms with Gasteiger partial charge in [0.25, 0.3) is 0 Å². The smallest absolute Gasteiger partial charge is 0.0991 e. The molecule has 0 fully saturated rings. The highest BCUT2D eigenvalue weighted by Gasteiger charge is 1.95. The van der Waals surface area contributed by atoms with E-state index in [0.29, 0.717) is 5.56 Å². The predicted octanol–water partition coefficient (Wildman–Crippen LogP) is 2.91. The molecule has 0 amide bonds. The summed E-state index contributed by atoms with van der Waals surface area (Å²) in [6, 6.07) is 14.0. The normalized spacial score (nSPS) is 9.94. The van der Waals surface area contributed by atoms with Gasteiger partial charge in [0.15, 0.2) is 0 Å². The number of nitrogens with one attached hydrogen (secondary N) is 1. The molecule has 0 radical (unpaired) electrons. The first-order chi connectivity index (χ1) is 7.88. The van der Waals surface area contributed by atoms with E-state index in [1.807, 2.05) is 24.3 Å². The van der Waals surface area contributed by atoms with Crippen LogP contribution in [-0.2, 0) is 13.1 Å². The maximum absolute atomic E-state index is 8.67. The number of benzene rings is 1. The molecule has 0 aliphatic heterocycles. The molecule has 2 nitrogen and oxygen atoms in total. The van der Waals surface area contributed by atoms with E-state index < -0.39 is 0 Å². The zero-order valence-corrected chi connectivity index (χ0v) is 9.63. The van der Waals surface area contributed by atoms with Gasteiger partial charge in [-0.1, -0.05) is 18.2 Å². The fourth-order valence-electron chi connectivity index (χ4n) is 1.44. The summed E-state index contributed by atoms with van der Waals surface area (Å²) in [7, 11) is 0. The van der Waals surface area contributed by atoms with Gasteiger partial charge in [-0.15, -0.1) is 11.3 Å². The van der Waals surface area contributed by atoms with Gasteiger partial charge in [0.05, 0.1) is 11.6 Å². The van der Waals surface area contributed by atoms with Crippen LogP contribution in [0.1, 0.15) is 16.0 Å². The molecule has 1 N–H and O–H groups in total. The van der Waals surface area contributed by atoms with Gasteiger partial charge < -0.3 is 5.32 Å². The van der Waals surface area contributed by atoms with Crippen molar-refractivity contribution in [1.29, 1.82) is 5.26 Å². The lowest BCUT2D eigenvalue weighted by molar-refractivity contribution is 0.701. The molecular weight excluding hydrogens is 216 g/mol. The molecule has 0 bridgehead atoms. The highest BCUT2D eigenvalue weighted by molar-refractivity contribution is 7.09. The third kappa shape index (κ3) is 2.93. The SMILES string of the molecule is N#Cc1ccc(CNCc2cccs2)cc1. The number of hydrogen-bond donors (Lipinski definition) is 1. The van der Waals surface area contributed by atoms with Crippen molar-refractivity contribution in [2.75, 3.05) is 0 Å². The van der Waals surface area contributed by atoms with Gasteiger partial charge in [-0.25, -0.2) is 0 Å². The number of nitrogens with zero attached hydrogens (tertiary/aromatic N) is 1. The van der Waals surface area contributed by atoms with Crippen LogP contribution < -0.4 is 5.32 Å². The molecule has 0 spiro atoms. The maximum atomic E-state index is 8.67. The van der Waals surface area contributed by atoms with Gasteiger partial charge in [-0.3, -0.25) is 0 Å². The molecule has 0 atom stereocenters. The summed E-state index contributed by atoms with van der Waals surface area (Å²) >= 11 is 1.76. The van der Waals surface area contributed by atoms with E-state index in [1.54, 1.807) is 11.3 Å². The lowest BCUT2D eigenvalue weighted by atomic mass is 10.1. The summed E-state index contributed by atoms with van der Waals surface area (Å²) in [5.41, 5.74) is 1.91. The summed E-state index contributed by atoms with van der Waals surface area (Å²) in [5.74, 6) is 0. The van der Waals surface area contributed by atoms with E-state index in [1.165, 1.54) is 10.4 Å². The second kappa shape index (κ2) is 5.45. The first-order valence-corrected chi connectivity index (χ1v) is 5.98. The molecule has 0 aliphatic rings. The van der Waals surface area contributed by atoms with Crippen molar-refractivity contribution in [1.82, 2.24) is 5.32 Å². The highest BCUT2D eigenvalue weighted by Crippen LogP contribution is 2.08. The average Bonchev–Trinajstić information content (AvgIpc) is 2.83. The molecule has 0 saturated heterocycles. The number of hydrogen-bond acceptors (Lipinski definition) is 3. The van der Waals surface area contributed by atoms with Crippen LogP contribution in [0.25, 0.3) is 0 Å². The van der Waals surface area contributed by atoms with E-state index in [4.69, 9.17) is 5.26 Å². The monoisotopic (exact) mass is 228 g/mol. The molecule has 0 aliphatic carbocycles. The summed E-state index contributed by atoms with van der Waals surface area (Å²) < 4.78 is 0. The Morgan fingerprint density at radius 1 is 1.12 bits per heavy atom. The Morgan fingerprint density at radius 2 is 1.94 bits per heavy atom. The Hall–Kier alpha value is -1.63. The fourth-order valence-corrected chi connectivity index (χ4v) is 2.11. The van der Waals surface area contributed by atoms with Crippen LogP contribution in [0, 0.1) is 11.3 Å². The van der Waals surface area contributed by atoms with Crippen LogP contribution in [0.2, 0.25) is 0 Å². The van der Waals surface area contributed by atoms with Gasteiger partial charge in [0.2, 0.25) is 0 Å². The summed E-state index contributed by atoms with van der Waals surface area (Å²) in [4.78, 5) is 1.34. The average molecular weight is 228 g/mol. The van der Waals surface area contributed by atoms with Crippen LogP contribution in [0.3, 0.4) is 0 Å².